The Morgan fingerprint density at radius 1 is 1.12 bits per heavy atom. The lowest BCUT2D eigenvalue weighted by molar-refractivity contribution is -0.120. The van der Waals surface area contributed by atoms with Gasteiger partial charge in [-0.15, -0.1) is 0 Å². The van der Waals surface area contributed by atoms with Crippen LogP contribution in [0.15, 0.2) is 18.2 Å². The van der Waals surface area contributed by atoms with Crippen molar-refractivity contribution in [2.45, 2.75) is 38.5 Å². The van der Waals surface area contributed by atoms with E-state index in [9.17, 15) is 14.4 Å². The van der Waals surface area contributed by atoms with E-state index in [2.05, 4.69) is 10.6 Å². The van der Waals surface area contributed by atoms with Gasteiger partial charge in [0.2, 0.25) is 5.91 Å². The van der Waals surface area contributed by atoms with E-state index >= 15 is 0 Å². The fourth-order valence-electron chi connectivity index (χ4n) is 4.60. The Morgan fingerprint density at radius 2 is 1.88 bits per heavy atom. The molecule has 3 heterocycles. The van der Waals surface area contributed by atoms with Crippen molar-refractivity contribution in [3.05, 3.63) is 28.8 Å². The molecule has 3 fully saturated rings. The number of halogens is 1. The third-order valence-electron chi connectivity index (χ3n) is 6.66. The van der Waals surface area contributed by atoms with Gasteiger partial charge in [-0.2, -0.15) is 0 Å². The number of hydrogen-bond acceptors (Lipinski definition) is 5. The zero-order chi connectivity index (χ0) is 25.0. The minimum Gasteiger partial charge on any atom is -0.381 e. The molecular weight excluding hydrogens is 444 g/mol. The predicted octanol–water partition coefficient (Wildman–Crippen LogP) is 3.04. The normalized spacial score (nSPS) is 22.1. The van der Waals surface area contributed by atoms with Crippen molar-refractivity contribution in [3.63, 3.8) is 0 Å². The van der Waals surface area contributed by atoms with E-state index in [1.54, 1.807) is 23.1 Å². The van der Waals surface area contributed by atoms with E-state index in [0.717, 1.165) is 32.4 Å². The quantitative estimate of drug-likeness (QED) is 0.628. The van der Waals surface area contributed by atoms with Gasteiger partial charge in [0, 0.05) is 44.8 Å². The molecule has 8 nitrogen and oxygen atoms in total. The lowest BCUT2D eigenvalue weighted by atomic mass is 9.95. The number of nitrogens with one attached hydrogen (secondary N) is 2. The van der Waals surface area contributed by atoms with Crippen LogP contribution in [0.4, 0.5) is 10.5 Å². The molecule has 9 heteroatoms. The lowest BCUT2D eigenvalue weighted by Gasteiger charge is -2.32. The molecule has 3 aliphatic heterocycles. The Labute approximate surface area is 202 Å². The van der Waals surface area contributed by atoms with E-state index in [1.807, 2.05) is 0 Å². The Hall–Kier alpha value is -2.16. The van der Waals surface area contributed by atoms with Crippen LogP contribution < -0.4 is 15.5 Å². The van der Waals surface area contributed by atoms with E-state index < -0.39 is 12.6 Å². The van der Waals surface area contributed by atoms with Gasteiger partial charge in [0.05, 0.1) is 13.5 Å². The molecule has 0 unspecified atom stereocenters. The number of carbonyl (C=O) groups is 3. The van der Waals surface area contributed by atoms with Crippen molar-refractivity contribution in [3.8, 4) is 0 Å². The summed E-state index contributed by atoms with van der Waals surface area (Å²) < 4.78 is 22.5. The summed E-state index contributed by atoms with van der Waals surface area (Å²) in [6.07, 6.45) is 4.29. The number of ether oxygens (including phenoxy) is 1. The molecule has 0 radical (unpaired) electrons. The first-order chi connectivity index (χ1) is 16.7. The summed E-state index contributed by atoms with van der Waals surface area (Å²) in [5.74, 6) is -0.211. The first-order valence-electron chi connectivity index (χ1n) is 12.8. The van der Waals surface area contributed by atoms with Gasteiger partial charge in [-0.3, -0.25) is 19.8 Å². The highest BCUT2D eigenvalue weighted by molar-refractivity contribution is 6.34. The maximum atomic E-state index is 13.2. The number of anilines is 1. The first kappa shape index (κ1) is 21.4. The molecule has 33 heavy (non-hydrogen) atoms. The summed E-state index contributed by atoms with van der Waals surface area (Å²) in [5, 5.41) is 5.92. The molecule has 1 aromatic rings. The molecule has 0 saturated carbocycles. The van der Waals surface area contributed by atoms with Gasteiger partial charge >= 0.3 is 6.03 Å². The molecule has 0 bridgehead atoms. The van der Waals surface area contributed by atoms with Crippen LogP contribution in [0.5, 0.6) is 0 Å². The van der Waals surface area contributed by atoms with Gasteiger partial charge in [0.25, 0.3) is 5.91 Å². The second-order valence-electron chi connectivity index (χ2n) is 8.94. The zero-order valence-corrected chi connectivity index (χ0v) is 19.5. The number of urea groups is 1. The second-order valence-corrected chi connectivity index (χ2v) is 9.34. The van der Waals surface area contributed by atoms with E-state index in [1.165, 1.54) is 4.90 Å². The van der Waals surface area contributed by atoms with Crippen LogP contribution in [0, 0.1) is 11.8 Å². The average molecular weight is 479 g/mol. The molecular formula is C24H33ClN4O4. The second kappa shape index (κ2) is 11.3. The van der Waals surface area contributed by atoms with Crippen molar-refractivity contribution >= 4 is 35.1 Å². The smallest absolute Gasteiger partial charge is 0.328 e. The van der Waals surface area contributed by atoms with Crippen molar-refractivity contribution in [2.24, 2.45) is 11.8 Å². The summed E-state index contributed by atoms with van der Waals surface area (Å²) >= 11 is 6.29. The number of nitrogens with zero attached hydrogens (tertiary/aromatic N) is 2. The van der Waals surface area contributed by atoms with Crippen molar-refractivity contribution in [1.29, 1.82) is 0 Å². The maximum Gasteiger partial charge on any atom is 0.328 e. The van der Waals surface area contributed by atoms with Crippen LogP contribution in [0.3, 0.4) is 0 Å². The number of benzene rings is 1. The molecule has 3 saturated heterocycles. The van der Waals surface area contributed by atoms with Gasteiger partial charge in [-0.25, -0.2) is 4.79 Å². The van der Waals surface area contributed by atoms with Crippen LogP contribution in [0.1, 0.15) is 51.6 Å². The zero-order valence-electron chi connectivity index (χ0n) is 20.8. The van der Waals surface area contributed by atoms with Crippen LogP contribution in [-0.2, 0) is 9.53 Å². The van der Waals surface area contributed by atoms with E-state index in [-0.39, 0.29) is 30.7 Å². The fourth-order valence-corrected chi connectivity index (χ4v) is 4.82. The molecule has 0 spiro atoms. The highest BCUT2D eigenvalue weighted by Gasteiger charge is 2.28. The number of hydrogen-bond donors (Lipinski definition) is 2. The monoisotopic (exact) mass is 478 g/mol. The van der Waals surface area contributed by atoms with E-state index in [0.29, 0.717) is 54.7 Å². The largest absolute Gasteiger partial charge is 0.381 e. The van der Waals surface area contributed by atoms with Crippen LogP contribution in [0.2, 0.25) is 5.02 Å². The number of imide groups is 1. The van der Waals surface area contributed by atoms with Crippen LogP contribution in [-0.4, -0.2) is 68.6 Å². The highest BCUT2D eigenvalue weighted by atomic mass is 35.5. The third-order valence-corrected chi connectivity index (χ3v) is 6.98. The Bertz CT molecular complexity index is 949. The molecule has 4 rings (SSSR count). The molecule has 0 aromatic heterocycles. The number of amides is 4. The Morgan fingerprint density at radius 3 is 2.61 bits per heavy atom. The van der Waals surface area contributed by atoms with Crippen molar-refractivity contribution < 1.29 is 21.9 Å². The van der Waals surface area contributed by atoms with Crippen LogP contribution >= 0.6 is 11.6 Å². The highest BCUT2D eigenvalue weighted by Crippen LogP contribution is 2.29. The molecule has 0 atom stereocenters. The summed E-state index contributed by atoms with van der Waals surface area (Å²) in [6.45, 7) is 1.79. The summed E-state index contributed by atoms with van der Waals surface area (Å²) in [4.78, 5) is 39.9. The summed E-state index contributed by atoms with van der Waals surface area (Å²) in [5.41, 5.74) is 0.782. The van der Waals surface area contributed by atoms with E-state index in [4.69, 9.17) is 19.1 Å². The SMILES string of the molecule is [2H]C([2H])(OCCC1CCNCC1)C1CCN(C(=O)c2ccc(Cl)c(N3CCC(=O)NC3=O)c2)CC1. The van der Waals surface area contributed by atoms with Gasteiger partial charge in [-0.05, 0) is 75.2 Å². The third kappa shape index (κ3) is 6.25. The predicted molar refractivity (Wildman–Crippen MR) is 127 cm³/mol. The summed E-state index contributed by atoms with van der Waals surface area (Å²) in [6, 6.07) is 4.22. The fraction of sp³-hybridized carbons (Fsp3) is 0.625. The number of rotatable bonds is 7. The average Bonchev–Trinajstić information content (AvgIpc) is 2.85. The van der Waals surface area contributed by atoms with Gasteiger partial charge < -0.3 is 15.0 Å². The lowest BCUT2D eigenvalue weighted by Crippen LogP contribution is -2.49. The van der Waals surface area contributed by atoms with Crippen molar-refractivity contribution in [2.75, 3.05) is 50.8 Å². The number of likely N-dealkylation sites (tertiary alicyclic amines) is 1. The molecule has 2 N–H and O–H groups in total. The number of carbonyl (C=O) groups excluding carboxylic acids is 3. The minimum absolute atomic E-state index is 0.162. The Kier molecular flexibility index (Phi) is 7.33. The van der Waals surface area contributed by atoms with Crippen molar-refractivity contribution in [1.82, 2.24) is 15.5 Å². The molecule has 180 valence electrons. The van der Waals surface area contributed by atoms with Crippen LogP contribution in [0.25, 0.3) is 0 Å². The molecule has 3 aliphatic rings. The number of piperidine rings is 2. The Balaban J connectivity index is 1.31. The standard InChI is InChI=1S/C24H33ClN4O4/c25-20-2-1-19(15-21(20)29-13-7-22(30)27-24(29)32)23(31)28-11-5-18(6-12-28)16-33-14-8-17-3-9-26-10-4-17/h1-2,15,17-18,26H,3-14,16H2,(H,27,30,32)/i16D2. The maximum absolute atomic E-state index is 13.2. The van der Waals surface area contributed by atoms with Gasteiger partial charge in [0.1, 0.15) is 0 Å². The first-order valence-corrected chi connectivity index (χ1v) is 12.2. The minimum atomic E-state index is -1.71. The summed E-state index contributed by atoms with van der Waals surface area (Å²) in [7, 11) is 0. The molecule has 1 aromatic carbocycles. The van der Waals surface area contributed by atoms with Gasteiger partial charge in [0.15, 0.2) is 0 Å². The van der Waals surface area contributed by atoms with Gasteiger partial charge in [-0.1, -0.05) is 11.6 Å². The molecule has 0 aliphatic carbocycles. The topological polar surface area (TPSA) is 91.0 Å². The molecule has 4 amide bonds.